The third-order valence-corrected chi connectivity index (χ3v) is 4.20. The Bertz CT molecular complexity index is 425. The number of piperidine rings is 1. The molecular formula is C16H24N2O2. The van der Waals surface area contributed by atoms with E-state index in [1.807, 2.05) is 42.2 Å². The lowest BCUT2D eigenvalue weighted by Gasteiger charge is -2.33. The minimum absolute atomic E-state index is 0.116. The summed E-state index contributed by atoms with van der Waals surface area (Å²) in [6, 6.07) is 9.49. The number of rotatable bonds is 4. The highest BCUT2D eigenvalue weighted by Gasteiger charge is 2.26. The maximum Gasteiger partial charge on any atom is 0.224 e. The van der Waals surface area contributed by atoms with Crippen molar-refractivity contribution in [2.75, 3.05) is 13.1 Å². The molecule has 4 heteroatoms. The first kappa shape index (κ1) is 15.0. The number of carbonyl (C=O) groups is 1. The summed E-state index contributed by atoms with van der Waals surface area (Å²) in [5.41, 5.74) is 7.09. The first-order chi connectivity index (χ1) is 9.58. The third kappa shape index (κ3) is 3.81. The lowest BCUT2D eigenvalue weighted by atomic mass is 9.92. The SMILES string of the molecule is CC(O)C1CCN(C(=O)CC(N)c2ccccc2)CC1. The average Bonchev–Trinajstić information content (AvgIpc) is 2.48. The van der Waals surface area contributed by atoms with Crippen LogP contribution in [0.2, 0.25) is 0 Å². The zero-order chi connectivity index (χ0) is 14.5. The number of aliphatic hydroxyl groups is 1. The number of nitrogens with two attached hydrogens (primary N) is 1. The second-order valence-electron chi connectivity index (χ2n) is 5.68. The fraction of sp³-hybridized carbons (Fsp3) is 0.562. The molecule has 1 aromatic carbocycles. The molecule has 2 unspecified atom stereocenters. The van der Waals surface area contributed by atoms with Gasteiger partial charge >= 0.3 is 0 Å². The number of hydrogen-bond donors (Lipinski definition) is 2. The highest BCUT2D eigenvalue weighted by molar-refractivity contribution is 5.77. The predicted octanol–water partition coefficient (Wildman–Crippen LogP) is 1.70. The molecule has 2 rings (SSSR count). The second-order valence-corrected chi connectivity index (χ2v) is 5.68. The van der Waals surface area contributed by atoms with Gasteiger partial charge in [0, 0.05) is 25.6 Å². The molecule has 1 aliphatic rings. The van der Waals surface area contributed by atoms with Gasteiger partial charge in [-0.3, -0.25) is 4.79 Å². The van der Waals surface area contributed by atoms with Gasteiger partial charge in [0.05, 0.1) is 6.10 Å². The zero-order valence-electron chi connectivity index (χ0n) is 12.0. The van der Waals surface area contributed by atoms with E-state index in [9.17, 15) is 9.90 Å². The highest BCUT2D eigenvalue weighted by Crippen LogP contribution is 2.22. The van der Waals surface area contributed by atoms with Crippen LogP contribution in [0.5, 0.6) is 0 Å². The summed E-state index contributed by atoms with van der Waals surface area (Å²) in [6.45, 7) is 3.29. The van der Waals surface area contributed by atoms with E-state index in [1.165, 1.54) is 0 Å². The molecule has 0 aliphatic carbocycles. The van der Waals surface area contributed by atoms with E-state index in [-0.39, 0.29) is 18.1 Å². The monoisotopic (exact) mass is 276 g/mol. The number of amides is 1. The van der Waals surface area contributed by atoms with Gasteiger partial charge in [-0.05, 0) is 31.2 Å². The van der Waals surface area contributed by atoms with Crippen molar-refractivity contribution in [3.8, 4) is 0 Å². The van der Waals surface area contributed by atoms with Crippen molar-refractivity contribution in [2.24, 2.45) is 11.7 Å². The van der Waals surface area contributed by atoms with E-state index < -0.39 is 0 Å². The smallest absolute Gasteiger partial charge is 0.224 e. The fourth-order valence-corrected chi connectivity index (χ4v) is 2.77. The van der Waals surface area contributed by atoms with Gasteiger partial charge in [-0.25, -0.2) is 0 Å². The average molecular weight is 276 g/mol. The topological polar surface area (TPSA) is 66.6 Å². The van der Waals surface area contributed by atoms with Crippen LogP contribution in [-0.2, 0) is 4.79 Å². The number of hydrogen-bond acceptors (Lipinski definition) is 3. The van der Waals surface area contributed by atoms with Crippen molar-refractivity contribution in [1.29, 1.82) is 0 Å². The Kier molecular flexibility index (Phi) is 5.15. The molecule has 1 fully saturated rings. The summed E-state index contributed by atoms with van der Waals surface area (Å²) < 4.78 is 0. The minimum Gasteiger partial charge on any atom is -0.393 e. The maximum atomic E-state index is 12.2. The molecule has 4 nitrogen and oxygen atoms in total. The quantitative estimate of drug-likeness (QED) is 0.879. The highest BCUT2D eigenvalue weighted by atomic mass is 16.3. The summed E-state index contributed by atoms with van der Waals surface area (Å²) in [5.74, 6) is 0.437. The number of aliphatic hydroxyl groups excluding tert-OH is 1. The summed E-state index contributed by atoms with van der Waals surface area (Å²) in [5, 5.41) is 9.57. The molecule has 20 heavy (non-hydrogen) atoms. The molecule has 1 amide bonds. The van der Waals surface area contributed by atoms with Gasteiger partial charge in [-0.1, -0.05) is 30.3 Å². The van der Waals surface area contributed by atoms with Crippen LogP contribution in [0.1, 0.15) is 37.8 Å². The van der Waals surface area contributed by atoms with Crippen LogP contribution >= 0.6 is 0 Å². The summed E-state index contributed by atoms with van der Waals surface area (Å²) in [6.07, 6.45) is 1.83. The Morgan fingerprint density at radius 1 is 1.35 bits per heavy atom. The molecule has 1 aliphatic heterocycles. The van der Waals surface area contributed by atoms with E-state index >= 15 is 0 Å². The normalized spacial score (nSPS) is 19.6. The maximum absolute atomic E-state index is 12.2. The molecule has 1 aromatic rings. The fourth-order valence-electron chi connectivity index (χ4n) is 2.77. The van der Waals surface area contributed by atoms with Gasteiger partial charge in [-0.2, -0.15) is 0 Å². The molecular weight excluding hydrogens is 252 g/mol. The molecule has 0 spiro atoms. The lowest BCUT2D eigenvalue weighted by Crippen LogP contribution is -2.41. The molecule has 3 N–H and O–H groups in total. The number of carbonyl (C=O) groups excluding carboxylic acids is 1. The Balaban J connectivity index is 1.84. The van der Waals surface area contributed by atoms with Crippen molar-refractivity contribution in [3.63, 3.8) is 0 Å². The van der Waals surface area contributed by atoms with Gasteiger partial charge < -0.3 is 15.7 Å². The molecule has 2 atom stereocenters. The van der Waals surface area contributed by atoms with E-state index in [0.29, 0.717) is 12.3 Å². The number of benzene rings is 1. The van der Waals surface area contributed by atoms with Gasteiger partial charge in [0.25, 0.3) is 0 Å². The number of nitrogens with zero attached hydrogens (tertiary/aromatic N) is 1. The van der Waals surface area contributed by atoms with E-state index in [2.05, 4.69) is 0 Å². The van der Waals surface area contributed by atoms with Crippen LogP contribution in [0.25, 0.3) is 0 Å². The van der Waals surface area contributed by atoms with Crippen molar-refractivity contribution in [2.45, 2.75) is 38.3 Å². The predicted molar refractivity (Wildman–Crippen MR) is 79.0 cm³/mol. The van der Waals surface area contributed by atoms with Crippen LogP contribution in [0.15, 0.2) is 30.3 Å². The van der Waals surface area contributed by atoms with E-state index in [4.69, 9.17) is 5.73 Å². The van der Waals surface area contributed by atoms with E-state index in [0.717, 1.165) is 31.5 Å². The first-order valence-corrected chi connectivity index (χ1v) is 7.34. The molecule has 110 valence electrons. The molecule has 0 radical (unpaired) electrons. The molecule has 1 heterocycles. The standard InChI is InChI=1S/C16H24N2O2/c1-12(19)13-7-9-18(10-8-13)16(20)11-15(17)14-5-3-2-4-6-14/h2-6,12-13,15,19H,7-11,17H2,1H3. The van der Waals surface area contributed by atoms with Crippen molar-refractivity contribution in [1.82, 2.24) is 4.90 Å². The van der Waals surface area contributed by atoms with Crippen molar-refractivity contribution < 1.29 is 9.90 Å². The molecule has 0 bridgehead atoms. The van der Waals surface area contributed by atoms with Crippen LogP contribution in [0, 0.1) is 5.92 Å². The molecule has 1 saturated heterocycles. The zero-order valence-corrected chi connectivity index (χ0v) is 12.0. The molecule has 0 aromatic heterocycles. The van der Waals surface area contributed by atoms with E-state index in [1.54, 1.807) is 0 Å². The molecule has 0 saturated carbocycles. The Labute approximate surface area is 120 Å². The summed E-state index contributed by atoms with van der Waals surface area (Å²) in [7, 11) is 0. The van der Waals surface area contributed by atoms with Crippen LogP contribution in [0.4, 0.5) is 0 Å². The Hall–Kier alpha value is -1.39. The van der Waals surface area contributed by atoms with Crippen molar-refractivity contribution >= 4 is 5.91 Å². The van der Waals surface area contributed by atoms with Gasteiger partial charge in [-0.15, -0.1) is 0 Å². The van der Waals surface area contributed by atoms with Crippen LogP contribution in [-0.4, -0.2) is 35.1 Å². The second kappa shape index (κ2) is 6.86. The van der Waals surface area contributed by atoms with Gasteiger partial charge in [0.2, 0.25) is 5.91 Å². The lowest BCUT2D eigenvalue weighted by molar-refractivity contribution is -0.133. The van der Waals surface area contributed by atoms with Crippen molar-refractivity contribution in [3.05, 3.63) is 35.9 Å². The largest absolute Gasteiger partial charge is 0.393 e. The Morgan fingerprint density at radius 3 is 2.50 bits per heavy atom. The van der Waals surface area contributed by atoms with Crippen LogP contribution in [0.3, 0.4) is 0 Å². The summed E-state index contributed by atoms with van der Waals surface area (Å²) in [4.78, 5) is 14.1. The minimum atomic E-state index is -0.279. The van der Waals surface area contributed by atoms with Gasteiger partial charge in [0.1, 0.15) is 0 Å². The number of likely N-dealkylation sites (tertiary alicyclic amines) is 1. The Morgan fingerprint density at radius 2 is 1.95 bits per heavy atom. The third-order valence-electron chi connectivity index (χ3n) is 4.20. The summed E-state index contributed by atoms with van der Waals surface area (Å²) >= 11 is 0. The first-order valence-electron chi connectivity index (χ1n) is 7.34. The van der Waals surface area contributed by atoms with Gasteiger partial charge in [0.15, 0.2) is 0 Å². The van der Waals surface area contributed by atoms with Crippen LogP contribution < -0.4 is 5.73 Å².